The van der Waals surface area contributed by atoms with E-state index in [1.807, 2.05) is 6.07 Å². The highest BCUT2D eigenvalue weighted by Crippen LogP contribution is 2.41. The van der Waals surface area contributed by atoms with Crippen molar-refractivity contribution in [3.63, 3.8) is 0 Å². The second-order valence-electron chi connectivity index (χ2n) is 7.16. The van der Waals surface area contributed by atoms with Crippen LogP contribution in [0.3, 0.4) is 0 Å². The average Bonchev–Trinajstić information content (AvgIpc) is 3.15. The summed E-state index contributed by atoms with van der Waals surface area (Å²) < 4.78 is 21.9. The quantitative estimate of drug-likeness (QED) is 0.338. The lowest BCUT2D eigenvalue weighted by atomic mass is 9.74. The molecule has 1 atom stereocenters. The van der Waals surface area contributed by atoms with Gasteiger partial charge in [0.25, 0.3) is 0 Å². The first-order valence-corrected chi connectivity index (χ1v) is 9.68. The van der Waals surface area contributed by atoms with Crippen LogP contribution in [-0.4, -0.2) is 58.8 Å². The number of rotatable bonds is 7. The Hall–Kier alpha value is -1.26. The van der Waals surface area contributed by atoms with Gasteiger partial charge in [-0.2, -0.15) is 0 Å². The van der Waals surface area contributed by atoms with Crippen LogP contribution >= 0.6 is 24.0 Å². The van der Waals surface area contributed by atoms with Gasteiger partial charge in [0, 0.05) is 38.3 Å². The highest BCUT2D eigenvalue weighted by atomic mass is 127. The summed E-state index contributed by atoms with van der Waals surface area (Å²) in [5, 5.41) is 6.74. The number of benzene rings is 1. The Kier molecular flexibility index (Phi) is 9.10. The lowest BCUT2D eigenvalue weighted by Gasteiger charge is -2.37. The SMILES string of the molecule is CCNC(=NCC1(c2ccc3c(c2)OCO3)CCOCC1)NC(C)COC.I. The van der Waals surface area contributed by atoms with Crippen molar-refractivity contribution < 1.29 is 18.9 Å². The predicted molar refractivity (Wildman–Crippen MR) is 120 cm³/mol. The van der Waals surface area contributed by atoms with Gasteiger partial charge in [0.2, 0.25) is 6.79 Å². The van der Waals surface area contributed by atoms with Gasteiger partial charge >= 0.3 is 0 Å². The van der Waals surface area contributed by atoms with Crippen molar-refractivity contribution in [3.8, 4) is 11.5 Å². The summed E-state index contributed by atoms with van der Waals surface area (Å²) in [6.45, 7) is 8.06. The van der Waals surface area contributed by atoms with Gasteiger partial charge in [-0.15, -0.1) is 24.0 Å². The van der Waals surface area contributed by atoms with Gasteiger partial charge in [-0.25, -0.2) is 0 Å². The Bertz CT molecular complexity index is 650. The molecule has 0 aliphatic carbocycles. The number of nitrogens with one attached hydrogen (secondary N) is 2. The molecule has 2 N–H and O–H groups in total. The Morgan fingerprint density at radius 3 is 2.71 bits per heavy atom. The molecule has 0 spiro atoms. The van der Waals surface area contributed by atoms with Crippen LogP contribution in [0.2, 0.25) is 0 Å². The zero-order chi connectivity index (χ0) is 19.1. The highest BCUT2D eigenvalue weighted by molar-refractivity contribution is 14.0. The Balaban J connectivity index is 0.00000280. The fourth-order valence-corrected chi connectivity index (χ4v) is 3.60. The third kappa shape index (κ3) is 5.64. The minimum Gasteiger partial charge on any atom is -0.454 e. The number of halogens is 1. The molecular weight excluding hydrogens is 473 g/mol. The van der Waals surface area contributed by atoms with Gasteiger partial charge in [-0.3, -0.25) is 4.99 Å². The molecule has 7 nitrogen and oxygen atoms in total. The maximum absolute atomic E-state index is 5.64. The number of hydrogen-bond acceptors (Lipinski definition) is 5. The minimum atomic E-state index is -0.0634. The van der Waals surface area contributed by atoms with E-state index in [0.717, 1.165) is 50.1 Å². The number of fused-ring (bicyclic) bond motifs is 1. The van der Waals surface area contributed by atoms with Crippen LogP contribution in [-0.2, 0) is 14.9 Å². The summed E-state index contributed by atoms with van der Waals surface area (Å²) in [7, 11) is 1.71. The second-order valence-corrected chi connectivity index (χ2v) is 7.16. The first-order valence-electron chi connectivity index (χ1n) is 9.68. The van der Waals surface area contributed by atoms with Crippen LogP contribution in [0.15, 0.2) is 23.2 Å². The molecule has 0 aromatic heterocycles. The molecule has 1 aromatic rings. The van der Waals surface area contributed by atoms with Crippen molar-refractivity contribution in [2.45, 2.75) is 38.1 Å². The van der Waals surface area contributed by atoms with E-state index in [9.17, 15) is 0 Å². The van der Waals surface area contributed by atoms with Gasteiger partial charge < -0.3 is 29.6 Å². The zero-order valence-electron chi connectivity index (χ0n) is 17.0. The summed E-state index contributed by atoms with van der Waals surface area (Å²) >= 11 is 0. The van der Waals surface area contributed by atoms with Crippen molar-refractivity contribution in [2.24, 2.45) is 4.99 Å². The summed E-state index contributed by atoms with van der Waals surface area (Å²) in [6.07, 6.45) is 1.87. The number of nitrogens with zero attached hydrogens (tertiary/aromatic N) is 1. The molecule has 0 saturated carbocycles. The van der Waals surface area contributed by atoms with Crippen molar-refractivity contribution in [2.75, 3.05) is 46.8 Å². The lowest BCUT2D eigenvalue weighted by Crippen LogP contribution is -2.45. The first-order chi connectivity index (χ1) is 13.2. The minimum absolute atomic E-state index is 0. The molecule has 1 aromatic carbocycles. The van der Waals surface area contributed by atoms with Gasteiger partial charge in [0.15, 0.2) is 17.5 Å². The van der Waals surface area contributed by atoms with E-state index in [1.165, 1.54) is 5.56 Å². The third-order valence-electron chi connectivity index (χ3n) is 5.12. The van der Waals surface area contributed by atoms with Crippen molar-refractivity contribution in [1.29, 1.82) is 0 Å². The molecule has 0 amide bonds. The van der Waals surface area contributed by atoms with Gasteiger partial charge in [-0.05, 0) is 44.4 Å². The molecule has 8 heteroatoms. The summed E-state index contributed by atoms with van der Waals surface area (Å²) in [6, 6.07) is 6.44. The molecule has 0 bridgehead atoms. The summed E-state index contributed by atoms with van der Waals surface area (Å²) in [5.41, 5.74) is 1.17. The van der Waals surface area contributed by atoms with Crippen LogP contribution < -0.4 is 20.1 Å². The van der Waals surface area contributed by atoms with Crippen molar-refractivity contribution in [1.82, 2.24) is 10.6 Å². The maximum Gasteiger partial charge on any atom is 0.231 e. The Labute approximate surface area is 184 Å². The second kappa shape index (κ2) is 11.1. The van der Waals surface area contributed by atoms with Crippen LogP contribution in [0.1, 0.15) is 32.3 Å². The lowest BCUT2D eigenvalue weighted by molar-refractivity contribution is 0.0530. The van der Waals surface area contributed by atoms with Crippen LogP contribution in [0, 0.1) is 0 Å². The van der Waals surface area contributed by atoms with Crippen LogP contribution in [0.5, 0.6) is 11.5 Å². The number of guanidine groups is 1. The number of methoxy groups -OCH3 is 1. The normalized spacial score (nSPS) is 18.9. The summed E-state index contributed by atoms with van der Waals surface area (Å²) in [4.78, 5) is 4.91. The standard InChI is InChI=1S/C20H31N3O4.HI/c1-4-21-19(23-15(2)12-24-3)22-13-20(7-9-25-10-8-20)16-5-6-17-18(11-16)27-14-26-17;/h5-6,11,15H,4,7-10,12-14H2,1-3H3,(H2,21,22,23);1H. The predicted octanol–water partition coefficient (Wildman–Crippen LogP) is 2.67. The van der Waals surface area contributed by atoms with Crippen LogP contribution in [0.4, 0.5) is 0 Å². The zero-order valence-corrected chi connectivity index (χ0v) is 19.3. The smallest absolute Gasteiger partial charge is 0.231 e. The van der Waals surface area contributed by atoms with E-state index in [-0.39, 0.29) is 35.4 Å². The van der Waals surface area contributed by atoms with Gasteiger partial charge in [0.05, 0.1) is 13.2 Å². The van der Waals surface area contributed by atoms with E-state index < -0.39 is 0 Å². The Morgan fingerprint density at radius 1 is 1.25 bits per heavy atom. The third-order valence-corrected chi connectivity index (χ3v) is 5.12. The highest BCUT2D eigenvalue weighted by Gasteiger charge is 2.35. The van der Waals surface area contributed by atoms with E-state index in [0.29, 0.717) is 19.9 Å². The van der Waals surface area contributed by atoms with E-state index in [1.54, 1.807) is 7.11 Å². The molecule has 2 aliphatic heterocycles. The molecule has 1 saturated heterocycles. The maximum atomic E-state index is 5.64. The number of ether oxygens (including phenoxy) is 4. The molecule has 158 valence electrons. The fourth-order valence-electron chi connectivity index (χ4n) is 3.60. The topological polar surface area (TPSA) is 73.3 Å². The molecule has 1 unspecified atom stereocenters. The van der Waals surface area contributed by atoms with E-state index in [4.69, 9.17) is 23.9 Å². The molecule has 1 fully saturated rings. The van der Waals surface area contributed by atoms with Crippen LogP contribution in [0.25, 0.3) is 0 Å². The molecule has 28 heavy (non-hydrogen) atoms. The first kappa shape index (κ1) is 23.0. The van der Waals surface area contributed by atoms with Crippen molar-refractivity contribution >= 4 is 29.9 Å². The molecular formula is C20H32IN3O4. The molecule has 2 aliphatic rings. The van der Waals surface area contributed by atoms with Crippen molar-refractivity contribution in [3.05, 3.63) is 23.8 Å². The van der Waals surface area contributed by atoms with Gasteiger partial charge in [-0.1, -0.05) is 6.07 Å². The molecule has 2 heterocycles. The monoisotopic (exact) mass is 505 g/mol. The number of hydrogen-bond donors (Lipinski definition) is 2. The molecule has 3 rings (SSSR count). The summed E-state index contributed by atoms with van der Waals surface area (Å²) in [5.74, 6) is 2.45. The van der Waals surface area contributed by atoms with Gasteiger partial charge in [0.1, 0.15) is 0 Å². The molecule has 0 radical (unpaired) electrons. The fraction of sp³-hybridized carbons (Fsp3) is 0.650. The van der Waals surface area contributed by atoms with E-state index in [2.05, 4.69) is 36.6 Å². The number of aliphatic imine (C=N–C) groups is 1. The largest absolute Gasteiger partial charge is 0.454 e. The average molecular weight is 505 g/mol. The van der Waals surface area contributed by atoms with E-state index >= 15 is 0 Å². The Morgan fingerprint density at radius 2 is 2.00 bits per heavy atom.